The summed E-state index contributed by atoms with van der Waals surface area (Å²) in [5, 5.41) is 5.20. The lowest BCUT2D eigenvalue weighted by Gasteiger charge is -2.30. The van der Waals surface area contributed by atoms with Gasteiger partial charge in [0.15, 0.2) is 0 Å². The zero-order chi connectivity index (χ0) is 32.9. The number of fused-ring (bicyclic) bond motifs is 2. The Kier molecular flexibility index (Phi) is 9.58. The van der Waals surface area contributed by atoms with Crippen molar-refractivity contribution < 1.29 is 23.5 Å². The molecule has 0 saturated heterocycles. The molecule has 0 saturated carbocycles. The molecule has 0 unspecified atom stereocenters. The molecule has 10 heteroatoms. The monoisotopic (exact) mass is 637 g/mol. The Bertz CT molecular complexity index is 1910. The topological polar surface area (TPSA) is 103 Å². The minimum atomic E-state index is -0.338. The van der Waals surface area contributed by atoms with E-state index < -0.39 is 0 Å². The van der Waals surface area contributed by atoms with Crippen LogP contribution in [-0.2, 0) is 22.6 Å². The van der Waals surface area contributed by atoms with Gasteiger partial charge in [0.2, 0.25) is 11.8 Å². The van der Waals surface area contributed by atoms with Crippen molar-refractivity contribution in [3.8, 4) is 11.5 Å². The summed E-state index contributed by atoms with van der Waals surface area (Å²) < 4.78 is 24.8. The summed E-state index contributed by atoms with van der Waals surface area (Å²) in [4.78, 5) is 36.9. The number of rotatable bonds is 12. The smallest absolute Gasteiger partial charge is 0.234 e. The number of benzene rings is 3. The molecule has 1 aliphatic rings. The first-order valence-electron chi connectivity index (χ1n) is 15.8. The van der Waals surface area contributed by atoms with Gasteiger partial charge in [-0.2, -0.15) is 0 Å². The quantitative estimate of drug-likeness (QED) is 0.164. The maximum Gasteiger partial charge on any atom is 0.234 e. The number of carbonyl (C=O) groups is 2. The molecule has 5 aromatic rings. The molecule has 0 bridgehead atoms. The highest BCUT2D eigenvalue weighted by atomic mass is 19.1. The van der Waals surface area contributed by atoms with Crippen LogP contribution in [0.1, 0.15) is 30.0 Å². The fourth-order valence-corrected chi connectivity index (χ4v) is 6.41. The Morgan fingerprint density at radius 3 is 2.45 bits per heavy atom. The lowest BCUT2D eigenvalue weighted by atomic mass is 9.99. The van der Waals surface area contributed by atoms with Crippen molar-refractivity contribution in [2.45, 2.75) is 32.4 Å². The molecule has 9 nitrogen and oxygen atoms in total. The molecule has 244 valence electrons. The van der Waals surface area contributed by atoms with Crippen LogP contribution in [0, 0.1) is 5.82 Å². The standard InChI is InChI=1S/C37H40FN5O4/c1-24(44)43(21-25-14-30(46-2)18-31(15-25)47-3)22-29(16-27-19-39-35-7-5-4-6-32(27)35)41-37(45)23-42-12-10-26(11-13-42)34-20-40-36-9-8-28(38)17-33(34)36/h4-10,14-15,17-20,29,39-40H,11-13,16,21-23H2,1-3H3,(H,41,45)/t29-/m1/s1. The highest BCUT2D eigenvalue weighted by molar-refractivity contribution is 5.93. The molecule has 0 aliphatic carbocycles. The molecule has 3 N–H and O–H groups in total. The molecule has 2 amide bonds. The van der Waals surface area contributed by atoms with Crippen LogP contribution < -0.4 is 14.8 Å². The van der Waals surface area contributed by atoms with E-state index in [2.05, 4.69) is 32.3 Å². The van der Waals surface area contributed by atoms with Crippen LogP contribution >= 0.6 is 0 Å². The molecule has 1 atom stereocenters. The van der Waals surface area contributed by atoms with Crippen molar-refractivity contribution in [3.05, 3.63) is 102 Å². The number of nitrogens with zero attached hydrogens (tertiary/aromatic N) is 2. The van der Waals surface area contributed by atoms with Crippen molar-refractivity contribution in [1.29, 1.82) is 0 Å². The van der Waals surface area contributed by atoms with Gasteiger partial charge in [-0.15, -0.1) is 0 Å². The predicted octanol–water partition coefficient (Wildman–Crippen LogP) is 5.67. The van der Waals surface area contributed by atoms with Crippen LogP contribution in [0.5, 0.6) is 11.5 Å². The number of methoxy groups -OCH3 is 2. The van der Waals surface area contributed by atoms with E-state index in [1.54, 1.807) is 44.2 Å². The van der Waals surface area contributed by atoms with Crippen LogP contribution in [0.2, 0.25) is 0 Å². The minimum Gasteiger partial charge on any atom is -0.497 e. The molecule has 6 rings (SSSR count). The number of amides is 2. The molecule has 0 spiro atoms. The second-order valence-corrected chi connectivity index (χ2v) is 12.1. The normalized spacial score (nSPS) is 14.2. The summed E-state index contributed by atoms with van der Waals surface area (Å²) in [5.41, 5.74) is 5.99. The van der Waals surface area contributed by atoms with Gasteiger partial charge in [0, 0.05) is 78.9 Å². The van der Waals surface area contributed by atoms with Gasteiger partial charge in [-0.1, -0.05) is 24.3 Å². The van der Waals surface area contributed by atoms with E-state index in [9.17, 15) is 14.0 Å². The molecule has 2 aromatic heterocycles. The number of hydrogen-bond acceptors (Lipinski definition) is 5. The molecule has 3 aromatic carbocycles. The zero-order valence-corrected chi connectivity index (χ0v) is 26.9. The summed E-state index contributed by atoms with van der Waals surface area (Å²) in [6.45, 7) is 3.73. The maximum absolute atomic E-state index is 13.9. The van der Waals surface area contributed by atoms with Crippen molar-refractivity contribution >= 4 is 39.2 Å². The van der Waals surface area contributed by atoms with Gasteiger partial charge in [-0.05, 0) is 65.9 Å². The Labute approximate surface area is 273 Å². The first kappa shape index (κ1) is 31.9. The first-order valence-corrected chi connectivity index (χ1v) is 15.8. The zero-order valence-electron chi connectivity index (χ0n) is 26.9. The third-order valence-corrected chi connectivity index (χ3v) is 8.83. The summed E-state index contributed by atoms with van der Waals surface area (Å²) in [6.07, 6.45) is 7.31. The Morgan fingerprint density at radius 1 is 0.979 bits per heavy atom. The van der Waals surface area contributed by atoms with Crippen LogP contribution in [0.15, 0.2) is 79.1 Å². The van der Waals surface area contributed by atoms with E-state index in [0.717, 1.165) is 50.5 Å². The third-order valence-electron chi connectivity index (χ3n) is 8.83. The fraction of sp³-hybridized carbons (Fsp3) is 0.297. The van der Waals surface area contributed by atoms with Gasteiger partial charge < -0.3 is 29.7 Å². The first-order chi connectivity index (χ1) is 22.8. The van der Waals surface area contributed by atoms with Crippen LogP contribution in [0.25, 0.3) is 27.4 Å². The number of ether oxygens (including phenoxy) is 2. The highest BCUT2D eigenvalue weighted by Gasteiger charge is 2.23. The van der Waals surface area contributed by atoms with Crippen molar-refractivity contribution in [2.75, 3.05) is 40.4 Å². The van der Waals surface area contributed by atoms with Gasteiger partial charge in [0.05, 0.1) is 26.8 Å². The van der Waals surface area contributed by atoms with Crippen molar-refractivity contribution in [2.24, 2.45) is 0 Å². The van der Waals surface area contributed by atoms with Gasteiger partial charge in [0.1, 0.15) is 17.3 Å². The average molecular weight is 638 g/mol. The minimum absolute atomic E-state index is 0.101. The third kappa shape index (κ3) is 7.49. The van der Waals surface area contributed by atoms with Crippen LogP contribution in [-0.4, -0.2) is 78.0 Å². The lowest BCUT2D eigenvalue weighted by molar-refractivity contribution is -0.131. The number of halogens is 1. The van der Waals surface area contributed by atoms with Gasteiger partial charge in [-0.3, -0.25) is 14.5 Å². The Hall–Kier alpha value is -5.09. The van der Waals surface area contributed by atoms with E-state index in [-0.39, 0.29) is 30.2 Å². The SMILES string of the molecule is COc1cc(CN(C[C@@H](Cc2c[nH]c3ccccc23)NC(=O)CN2CC=C(c3c[nH]c4ccc(F)cc34)CC2)C(C)=O)cc(OC)c1. The van der Waals surface area contributed by atoms with E-state index in [0.29, 0.717) is 44.1 Å². The molecule has 0 radical (unpaired) electrons. The molecule has 1 aliphatic heterocycles. The second-order valence-electron chi connectivity index (χ2n) is 12.1. The number of aromatic amines is 2. The number of nitrogens with one attached hydrogen (secondary N) is 3. The number of carbonyl (C=O) groups excluding carboxylic acids is 2. The van der Waals surface area contributed by atoms with Crippen LogP contribution in [0.4, 0.5) is 4.39 Å². The lowest BCUT2D eigenvalue weighted by Crippen LogP contribution is -2.49. The van der Waals surface area contributed by atoms with E-state index in [1.165, 1.54) is 6.07 Å². The van der Waals surface area contributed by atoms with Crippen molar-refractivity contribution in [1.82, 2.24) is 25.1 Å². The highest BCUT2D eigenvalue weighted by Crippen LogP contribution is 2.30. The predicted molar refractivity (Wildman–Crippen MR) is 182 cm³/mol. The molecule has 3 heterocycles. The molecule has 47 heavy (non-hydrogen) atoms. The number of H-pyrrole nitrogens is 2. The van der Waals surface area contributed by atoms with Crippen LogP contribution in [0.3, 0.4) is 0 Å². The Morgan fingerprint density at radius 2 is 1.72 bits per heavy atom. The van der Waals surface area contributed by atoms with Crippen molar-refractivity contribution in [3.63, 3.8) is 0 Å². The molecular weight excluding hydrogens is 597 g/mol. The molecule has 0 fully saturated rings. The summed E-state index contributed by atoms with van der Waals surface area (Å²) in [7, 11) is 3.19. The summed E-state index contributed by atoms with van der Waals surface area (Å²) >= 11 is 0. The van der Waals surface area contributed by atoms with E-state index in [1.807, 2.05) is 42.7 Å². The summed E-state index contributed by atoms with van der Waals surface area (Å²) in [6, 6.07) is 18.1. The van der Waals surface area contributed by atoms with Gasteiger partial charge in [-0.25, -0.2) is 4.39 Å². The largest absolute Gasteiger partial charge is 0.497 e. The second kappa shape index (κ2) is 14.1. The maximum atomic E-state index is 13.9. The van der Waals surface area contributed by atoms with E-state index in [4.69, 9.17) is 9.47 Å². The number of aromatic nitrogens is 2. The van der Waals surface area contributed by atoms with Gasteiger partial charge in [0.25, 0.3) is 0 Å². The summed E-state index contributed by atoms with van der Waals surface area (Å²) in [5.74, 6) is 0.814. The fourth-order valence-electron chi connectivity index (χ4n) is 6.41. The number of hydrogen-bond donors (Lipinski definition) is 3. The Balaban J connectivity index is 1.17. The number of para-hydroxylation sites is 1. The van der Waals surface area contributed by atoms with Gasteiger partial charge >= 0.3 is 0 Å². The van der Waals surface area contributed by atoms with E-state index >= 15 is 0 Å². The molecular formula is C37H40FN5O4. The average Bonchev–Trinajstić information content (AvgIpc) is 3.68.